The van der Waals surface area contributed by atoms with Gasteiger partial charge in [0.15, 0.2) is 0 Å². The van der Waals surface area contributed by atoms with E-state index >= 15 is 0 Å². The predicted molar refractivity (Wildman–Crippen MR) is 69.6 cm³/mol. The third kappa shape index (κ3) is 5.60. The minimum Gasteiger partial charge on any atom is -0.480 e. The van der Waals surface area contributed by atoms with Gasteiger partial charge < -0.3 is 15.2 Å². The second kappa shape index (κ2) is 7.37. The highest BCUT2D eigenvalue weighted by atomic mass is 19.1. The van der Waals surface area contributed by atoms with Gasteiger partial charge in [-0.3, -0.25) is 4.79 Å². The molecule has 0 fully saturated rings. The van der Waals surface area contributed by atoms with Crippen molar-refractivity contribution in [1.29, 1.82) is 0 Å². The second-order valence-corrected chi connectivity index (χ2v) is 4.51. The molecule has 2 N–H and O–H groups in total. The molecule has 1 aromatic carbocycles. The number of nitrogens with one attached hydrogen (secondary N) is 1. The molecule has 0 radical (unpaired) electrons. The van der Waals surface area contributed by atoms with Gasteiger partial charge in [-0.2, -0.15) is 0 Å². The molecule has 1 amide bonds. The van der Waals surface area contributed by atoms with E-state index in [4.69, 9.17) is 5.11 Å². The van der Waals surface area contributed by atoms with Crippen LogP contribution in [0, 0.1) is 5.82 Å². The lowest BCUT2D eigenvalue weighted by atomic mass is 10.1. The maximum absolute atomic E-state index is 13.0. The first-order chi connectivity index (χ1) is 9.38. The molecule has 0 saturated carbocycles. The number of amides is 1. The number of benzene rings is 1. The number of aliphatic carboxylic acids is 1. The fraction of sp³-hybridized carbons (Fsp3) is 0.357. The third-order valence-corrected chi connectivity index (χ3v) is 2.67. The maximum atomic E-state index is 13.0. The summed E-state index contributed by atoms with van der Waals surface area (Å²) in [6.45, 7) is 1.35. The van der Waals surface area contributed by atoms with Crippen LogP contribution < -0.4 is 5.32 Å². The SMILES string of the molecule is CC(=O)CC[C@H](NC(=O)Cc1cccc(F)c1)C(=O)O. The quantitative estimate of drug-likeness (QED) is 0.789. The van der Waals surface area contributed by atoms with Gasteiger partial charge >= 0.3 is 5.97 Å². The smallest absolute Gasteiger partial charge is 0.326 e. The Kier molecular flexibility index (Phi) is 5.83. The molecule has 1 rings (SSSR count). The van der Waals surface area contributed by atoms with E-state index in [-0.39, 0.29) is 25.0 Å². The van der Waals surface area contributed by atoms with Crippen LogP contribution in [-0.2, 0) is 20.8 Å². The molecule has 0 heterocycles. The first kappa shape index (κ1) is 15.8. The predicted octanol–water partition coefficient (Wildman–Crippen LogP) is 1.31. The zero-order valence-corrected chi connectivity index (χ0v) is 11.1. The van der Waals surface area contributed by atoms with Crippen molar-refractivity contribution in [2.24, 2.45) is 0 Å². The summed E-state index contributed by atoms with van der Waals surface area (Å²) in [5.41, 5.74) is 0.457. The minimum absolute atomic E-state index is 0.0412. The molecule has 1 aromatic rings. The van der Waals surface area contributed by atoms with Gasteiger partial charge in [-0.1, -0.05) is 12.1 Å². The number of carboxylic acid groups (broad SMARTS) is 1. The Labute approximate surface area is 115 Å². The Hall–Kier alpha value is -2.24. The van der Waals surface area contributed by atoms with E-state index in [1.165, 1.54) is 25.1 Å². The zero-order valence-electron chi connectivity index (χ0n) is 11.1. The standard InChI is InChI=1S/C14H16FNO4/c1-9(17)5-6-12(14(19)20)16-13(18)8-10-3-2-4-11(15)7-10/h2-4,7,12H,5-6,8H2,1H3,(H,16,18)(H,19,20)/t12-/m0/s1. The Balaban J connectivity index is 2.57. The van der Waals surface area contributed by atoms with Crippen molar-refractivity contribution < 1.29 is 23.9 Å². The Morgan fingerprint density at radius 3 is 2.60 bits per heavy atom. The van der Waals surface area contributed by atoms with Gasteiger partial charge in [-0.25, -0.2) is 9.18 Å². The Morgan fingerprint density at radius 2 is 2.05 bits per heavy atom. The molecule has 1 atom stereocenters. The molecule has 20 heavy (non-hydrogen) atoms. The van der Waals surface area contributed by atoms with E-state index in [0.717, 1.165) is 0 Å². The first-order valence-electron chi connectivity index (χ1n) is 6.14. The molecular weight excluding hydrogens is 265 g/mol. The van der Waals surface area contributed by atoms with Crippen molar-refractivity contribution >= 4 is 17.7 Å². The average molecular weight is 281 g/mol. The highest BCUT2D eigenvalue weighted by Gasteiger charge is 2.20. The molecular formula is C14H16FNO4. The number of ketones is 1. The molecule has 0 aliphatic rings. The van der Waals surface area contributed by atoms with Crippen molar-refractivity contribution in [3.8, 4) is 0 Å². The van der Waals surface area contributed by atoms with Crippen molar-refractivity contribution in [3.63, 3.8) is 0 Å². The number of carboxylic acids is 1. The monoisotopic (exact) mass is 281 g/mol. The summed E-state index contributed by atoms with van der Waals surface area (Å²) in [4.78, 5) is 33.5. The van der Waals surface area contributed by atoms with Crippen LogP contribution in [-0.4, -0.2) is 28.8 Å². The Morgan fingerprint density at radius 1 is 1.35 bits per heavy atom. The summed E-state index contributed by atoms with van der Waals surface area (Å²) in [7, 11) is 0. The molecule has 0 spiro atoms. The summed E-state index contributed by atoms with van der Waals surface area (Å²) >= 11 is 0. The van der Waals surface area contributed by atoms with Gasteiger partial charge in [0.1, 0.15) is 17.6 Å². The first-order valence-corrected chi connectivity index (χ1v) is 6.14. The van der Waals surface area contributed by atoms with Crippen LogP contribution in [0.2, 0.25) is 0 Å². The largest absolute Gasteiger partial charge is 0.480 e. The van der Waals surface area contributed by atoms with Gasteiger partial charge in [-0.05, 0) is 31.0 Å². The lowest BCUT2D eigenvalue weighted by Gasteiger charge is -2.13. The summed E-state index contributed by atoms with van der Waals surface area (Å²) < 4.78 is 13.0. The van der Waals surface area contributed by atoms with Gasteiger partial charge in [-0.15, -0.1) is 0 Å². The summed E-state index contributed by atoms with van der Waals surface area (Å²) in [6.07, 6.45) is 0.0123. The highest BCUT2D eigenvalue weighted by Crippen LogP contribution is 2.05. The van der Waals surface area contributed by atoms with Crippen LogP contribution in [0.5, 0.6) is 0 Å². The number of carbonyl (C=O) groups is 3. The number of Topliss-reactive ketones (excluding diaryl/α,β-unsaturated/α-hetero) is 1. The molecule has 108 valence electrons. The van der Waals surface area contributed by atoms with Gasteiger partial charge in [0.2, 0.25) is 5.91 Å². The minimum atomic E-state index is -1.20. The van der Waals surface area contributed by atoms with E-state index in [1.54, 1.807) is 6.07 Å². The molecule has 0 saturated heterocycles. The number of hydrogen-bond acceptors (Lipinski definition) is 3. The molecule has 5 nitrogen and oxygen atoms in total. The lowest BCUT2D eigenvalue weighted by molar-refractivity contribution is -0.142. The molecule has 6 heteroatoms. The number of hydrogen-bond donors (Lipinski definition) is 2. The topological polar surface area (TPSA) is 83.5 Å². The fourth-order valence-electron chi connectivity index (χ4n) is 1.68. The van der Waals surface area contributed by atoms with Crippen LogP contribution in [0.25, 0.3) is 0 Å². The van der Waals surface area contributed by atoms with Crippen LogP contribution in [0.3, 0.4) is 0 Å². The summed E-state index contributed by atoms with van der Waals surface area (Å²) in [5, 5.41) is 11.3. The van der Waals surface area contributed by atoms with Crippen molar-refractivity contribution in [3.05, 3.63) is 35.6 Å². The van der Waals surface area contributed by atoms with Gasteiger partial charge in [0, 0.05) is 6.42 Å². The second-order valence-electron chi connectivity index (χ2n) is 4.51. The van der Waals surface area contributed by atoms with Gasteiger partial charge in [0.25, 0.3) is 0 Å². The van der Waals surface area contributed by atoms with Crippen molar-refractivity contribution in [2.45, 2.75) is 32.2 Å². The van der Waals surface area contributed by atoms with E-state index in [0.29, 0.717) is 5.56 Å². The summed E-state index contributed by atoms with van der Waals surface area (Å²) in [6, 6.07) is 4.41. The van der Waals surface area contributed by atoms with E-state index in [1.807, 2.05) is 0 Å². The van der Waals surface area contributed by atoms with Gasteiger partial charge in [0.05, 0.1) is 6.42 Å². The Bertz CT molecular complexity index is 516. The lowest BCUT2D eigenvalue weighted by Crippen LogP contribution is -2.41. The fourth-order valence-corrected chi connectivity index (χ4v) is 1.68. The normalized spacial score (nSPS) is 11.7. The maximum Gasteiger partial charge on any atom is 0.326 e. The zero-order chi connectivity index (χ0) is 15.1. The van der Waals surface area contributed by atoms with E-state index in [2.05, 4.69) is 5.32 Å². The van der Waals surface area contributed by atoms with Crippen LogP contribution in [0.15, 0.2) is 24.3 Å². The molecule has 0 bridgehead atoms. The highest BCUT2D eigenvalue weighted by molar-refractivity contribution is 5.85. The van der Waals surface area contributed by atoms with E-state index in [9.17, 15) is 18.8 Å². The van der Waals surface area contributed by atoms with Crippen LogP contribution in [0.1, 0.15) is 25.3 Å². The number of carbonyl (C=O) groups excluding carboxylic acids is 2. The van der Waals surface area contributed by atoms with E-state index < -0.39 is 23.7 Å². The number of halogens is 1. The molecule has 0 aliphatic carbocycles. The summed E-state index contributed by atoms with van der Waals surface area (Å²) in [5.74, 6) is -2.32. The van der Waals surface area contributed by atoms with Crippen molar-refractivity contribution in [1.82, 2.24) is 5.32 Å². The van der Waals surface area contributed by atoms with Crippen LogP contribution in [0.4, 0.5) is 4.39 Å². The third-order valence-electron chi connectivity index (χ3n) is 2.67. The average Bonchev–Trinajstić information content (AvgIpc) is 2.33. The number of rotatable bonds is 7. The van der Waals surface area contributed by atoms with Crippen molar-refractivity contribution in [2.75, 3.05) is 0 Å². The molecule has 0 aromatic heterocycles. The molecule has 0 aliphatic heterocycles. The van der Waals surface area contributed by atoms with Crippen LogP contribution >= 0.6 is 0 Å². The molecule has 0 unspecified atom stereocenters.